The lowest BCUT2D eigenvalue weighted by atomic mass is 10.1. The minimum absolute atomic E-state index is 0.227. The molecular weight excluding hydrogens is 401 g/mol. The number of carbonyl (C=O) groups is 2. The lowest BCUT2D eigenvalue weighted by molar-refractivity contribution is -0.145. The van der Waals surface area contributed by atoms with Crippen molar-refractivity contribution in [3.05, 3.63) is 52.9 Å². The van der Waals surface area contributed by atoms with E-state index in [1.807, 2.05) is 6.92 Å². The van der Waals surface area contributed by atoms with Gasteiger partial charge in [-0.05, 0) is 42.8 Å². The van der Waals surface area contributed by atoms with Gasteiger partial charge in [0, 0.05) is 11.6 Å². The number of rotatable bonds is 7. The van der Waals surface area contributed by atoms with Crippen LogP contribution in [0.5, 0.6) is 0 Å². The van der Waals surface area contributed by atoms with E-state index in [-0.39, 0.29) is 10.1 Å². The Morgan fingerprint density at radius 3 is 2.68 bits per heavy atom. The van der Waals surface area contributed by atoms with Gasteiger partial charge in [-0.15, -0.1) is 0 Å². The zero-order valence-electron chi connectivity index (χ0n) is 15.1. The fraction of sp³-hybridized carbons (Fsp3) is 0.250. The van der Waals surface area contributed by atoms with Crippen LogP contribution in [-0.2, 0) is 9.59 Å². The standard InChI is InChI=1S/C20H18FNO4S2/c1-2-3-4-15(19(24)25)22-18(23)17(28-20(22)27)11-14-9-10-16(26-14)12-5-7-13(21)8-6-12/h5-11,15H,2-4H2,1H3,(H,24,25)/b17-11+. The van der Waals surface area contributed by atoms with Gasteiger partial charge in [0.2, 0.25) is 0 Å². The van der Waals surface area contributed by atoms with Crippen LogP contribution in [0.25, 0.3) is 17.4 Å². The number of halogens is 1. The van der Waals surface area contributed by atoms with Crippen molar-refractivity contribution in [2.45, 2.75) is 32.2 Å². The molecule has 2 aromatic rings. The summed E-state index contributed by atoms with van der Waals surface area (Å²) in [6.45, 7) is 1.96. The Balaban J connectivity index is 1.82. The molecule has 146 valence electrons. The summed E-state index contributed by atoms with van der Waals surface area (Å²) in [5.41, 5.74) is 0.708. The average molecular weight is 419 g/mol. The number of carboxylic acids is 1. The number of aliphatic carboxylic acids is 1. The Labute approximate surface area is 171 Å². The van der Waals surface area contributed by atoms with Crippen molar-refractivity contribution in [3.63, 3.8) is 0 Å². The number of furan rings is 1. The molecule has 1 fully saturated rings. The summed E-state index contributed by atoms with van der Waals surface area (Å²) in [5, 5.41) is 9.49. The fourth-order valence-corrected chi connectivity index (χ4v) is 4.17. The quantitative estimate of drug-likeness (QED) is 0.507. The highest BCUT2D eigenvalue weighted by molar-refractivity contribution is 8.26. The molecule has 2 heterocycles. The maximum atomic E-state index is 13.1. The second-order valence-corrected chi connectivity index (χ2v) is 7.93. The molecule has 5 nitrogen and oxygen atoms in total. The molecule has 28 heavy (non-hydrogen) atoms. The molecule has 1 aliphatic heterocycles. The predicted octanol–water partition coefficient (Wildman–Crippen LogP) is 4.93. The molecule has 1 atom stereocenters. The van der Waals surface area contributed by atoms with E-state index in [2.05, 4.69) is 0 Å². The van der Waals surface area contributed by atoms with E-state index in [1.54, 1.807) is 30.3 Å². The largest absolute Gasteiger partial charge is 0.480 e. The highest BCUT2D eigenvalue weighted by Gasteiger charge is 2.40. The number of hydrogen-bond acceptors (Lipinski definition) is 5. The van der Waals surface area contributed by atoms with Gasteiger partial charge in [-0.2, -0.15) is 0 Å². The maximum Gasteiger partial charge on any atom is 0.326 e. The molecule has 1 saturated heterocycles. The molecule has 1 amide bonds. The number of amides is 1. The van der Waals surface area contributed by atoms with Crippen molar-refractivity contribution in [2.75, 3.05) is 0 Å². The van der Waals surface area contributed by atoms with Crippen molar-refractivity contribution < 1.29 is 23.5 Å². The van der Waals surface area contributed by atoms with Crippen LogP contribution in [0.3, 0.4) is 0 Å². The normalized spacial score (nSPS) is 16.8. The highest BCUT2D eigenvalue weighted by Crippen LogP contribution is 2.35. The van der Waals surface area contributed by atoms with Crippen LogP contribution in [0.2, 0.25) is 0 Å². The number of thioether (sulfide) groups is 1. The molecule has 3 rings (SSSR count). The van der Waals surface area contributed by atoms with Crippen LogP contribution in [-0.4, -0.2) is 32.2 Å². The zero-order valence-corrected chi connectivity index (χ0v) is 16.7. The van der Waals surface area contributed by atoms with Gasteiger partial charge in [-0.1, -0.05) is 43.7 Å². The zero-order chi connectivity index (χ0) is 20.3. The van der Waals surface area contributed by atoms with Crippen LogP contribution in [0, 0.1) is 5.82 Å². The van der Waals surface area contributed by atoms with E-state index in [0.717, 1.165) is 18.2 Å². The van der Waals surface area contributed by atoms with E-state index in [0.29, 0.717) is 34.8 Å². The maximum absolute atomic E-state index is 13.1. The first-order valence-electron chi connectivity index (χ1n) is 8.76. The summed E-state index contributed by atoms with van der Waals surface area (Å²) in [4.78, 5) is 25.8. The number of thiocarbonyl (C=S) groups is 1. The first-order chi connectivity index (χ1) is 13.4. The van der Waals surface area contributed by atoms with Crippen LogP contribution >= 0.6 is 24.0 Å². The summed E-state index contributed by atoms with van der Waals surface area (Å²) in [6.07, 6.45) is 3.41. The predicted molar refractivity (Wildman–Crippen MR) is 110 cm³/mol. The smallest absolute Gasteiger partial charge is 0.326 e. The average Bonchev–Trinajstić information content (AvgIpc) is 3.22. The first kappa shape index (κ1) is 20.3. The van der Waals surface area contributed by atoms with Crippen molar-refractivity contribution in [1.82, 2.24) is 4.90 Å². The minimum Gasteiger partial charge on any atom is -0.480 e. The third-order valence-electron chi connectivity index (χ3n) is 4.28. The van der Waals surface area contributed by atoms with Gasteiger partial charge in [-0.3, -0.25) is 9.69 Å². The Morgan fingerprint density at radius 2 is 2.04 bits per heavy atom. The number of unbranched alkanes of at least 4 members (excludes halogenated alkanes) is 1. The van der Waals surface area contributed by atoms with Crippen LogP contribution in [0.15, 0.2) is 45.7 Å². The topological polar surface area (TPSA) is 70.8 Å². The molecule has 8 heteroatoms. The third-order valence-corrected chi connectivity index (χ3v) is 5.61. The molecule has 1 unspecified atom stereocenters. The van der Waals surface area contributed by atoms with Gasteiger partial charge in [0.1, 0.15) is 27.7 Å². The van der Waals surface area contributed by atoms with Crippen molar-refractivity contribution in [1.29, 1.82) is 0 Å². The fourth-order valence-electron chi connectivity index (χ4n) is 2.84. The van der Waals surface area contributed by atoms with E-state index in [9.17, 15) is 19.1 Å². The Kier molecular flexibility index (Phi) is 6.31. The Bertz CT molecular complexity index is 936. The van der Waals surface area contributed by atoms with Crippen molar-refractivity contribution >= 4 is 46.3 Å². The molecule has 0 aliphatic carbocycles. The number of carbonyl (C=O) groups excluding carboxylic acids is 1. The summed E-state index contributed by atoms with van der Waals surface area (Å²) in [5.74, 6) is -0.871. The third kappa shape index (κ3) is 4.34. The summed E-state index contributed by atoms with van der Waals surface area (Å²) < 4.78 is 19.0. The number of carboxylic acid groups (broad SMARTS) is 1. The van der Waals surface area contributed by atoms with Gasteiger partial charge < -0.3 is 9.52 Å². The van der Waals surface area contributed by atoms with E-state index < -0.39 is 17.9 Å². The molecule has 0 radical (unpaired) electrons. The number of hydrogen-bond donors (Lipinski definition) is 1. The molecule has 1 N–H and O–H groups in total. The SMILES string of the molecule is CCCCC(C(=O)O)N1C(=O)/C(=C\c2ccc(-c3ccc(F)cc3)o2)SC1=S. The summed E-state index contributed by atoms with van der Waals surface area (Å²) >= 11 is 6.31. The molecular formula is C20H18FNO4S2. The van der Waals surface area contributed by atoms with Crippen LogP contribution < -0.4 is 0 Å². The van der Waals surface area contributed by atoms with Crippen molar-refractivity contribution in [3.8, 4) is 11.3 Å². The monoisotopic (exact) mass is 419 g/mol. The lowest BCUT2D eigenvalue weighted by Crippen LogP contribution is -2.43. The van der Waals surface area contributed by atoms with E-state index in [1.165, 1.54) is 17.0 Å². The van der Waals surface area contributed by atoms with E-state index >= 15 is 0 Å². The Morgan fingerprint density at radius 1 is 1.32 bits per heavy atom. The molecule has 0 bridgehead atoms. The summed E-state index contributed by atoms with van der Waals surface area (Å²) in [7, 11) is 0. The second kappa shape index (κ2) is 8.70. The van der Waals surface area contributed by atoms with Gasteiger partial charge in [-0.25, -0.2) is 9.18 Å². The highest BCUT2D eigenvalue weighted by atomic mass is 32.2. The van der Waals surface area contributed by atoms with Crippen LogP contribution in [0.1, 0.15) is 31.9 Å². The molecule has 0 saturated carbocycles. The molecule has 1 aliphatic rings. The van der Waals surface area contributed by atoms with Gasteiger partial charge in [0.05, 0.1) is 4.91 Å². The second-order valence-electron chi connectivity index (χ2n) is 6.26. The van der Waals surface area contributed by atoms with Gasteiger partial charge in [0.25, 0.3) is 5.91 Å². The molecule has 0 spiro atoms. The lowest BCUT2D eigenvalue weighted by Gasteiger charge is -2.22. The van der Waals surface area contributed by atoms with E-state index in [4.69, 9.17) is 16.6 Å². The Hall–Kier alpha value is -2.45. The summed E-state index contributed by atoms with van der Waals surface area (Å²) in [6, 6.07) is 8.32. The molecule has 1 aromatic carbocycles. The van der Waals surface area contributed by atoms with Crippen LogP contribution in [0.4, 0.5) is 4.39 Å². The number of benzene rings is 1. The number of nitrogens with zero attached hydrogens (tertiary/aromatic N) is 1. The minimum atomic E-state index is -1.07. The first-order valence-corrected chi connectivity index (χ1v) is 9.99. The molecule has 1 aromatic heterocycles. The van der Waals surface area contributed by atoms with Crippen molar-refractivity contribution in [2.24, 2.45) is 0 Å². The van der Waals surface area contributed by atoms with Gasteiger partial charge >= 0.3 is 5.97 Å². The van der Waals surface area contributed by atoms with Gasteiger partial charge in [0.15, 0.2) is 0 Å².